The van der Waals surface area contributed by atoms with Crippen LogP contribution in [0.2, 0.25) is 0 Å². The predicted octanol–water partition coefficient (Wildman–Crippen LogP) is 3.05. The van der Waals surface area contributed by atoms with Crippen molar-refractivity contribution in [1.29, 1.82) is 0 Å². The number of pyridine rings is 1. The first-order chi connectivity index (χ1) is 13.7. The lowest BCUT2D eigenvalue weighted by atomic mass is 10.2. The van der Waals surface area contributed by atoms with E-state index in [1.165, 1.54) is 10.4 Å². The van der Waals surface area contributed by atoms with E-state index in [1.54, 1.807) is 29.7 Å². The molecule has 0 aliphatic heterocycles. The summed E-state index contributed by atoms with van der Waals surface area (Å²) >= 11 is 1.72. The molecule has 8 heteroatoms. The summed E-state index contributed by atoms with van der Waals surface area (Å²) in [5, 5.41) is 5.54. The number of rotatable bonds is 5. The van der Waals surface area contributed by atoms with Crippen molar-refractivity contribution in [3.8, 4) is 11.6 Å². The van der Waals surface area contributed by atoms with Crippen molar-refractivity contribution in [3.63, 3.8) is 0 Å². The number of anilines is 1. The number of aromatic nitrogens is 4. The van der Waals surface area contributed by atoms with E-state index < -0.39 is 5.91 Å². The Morgan fingerprint density at radius 2 is 2.18 bits per heavy atom. The van der Waals surface area contributed by atoms with E-state index in [4.69, 9.17) is 15.7 Å². The van der Waals surface area contributed by atoms with Crippen LogP contribution in [-0.2, 0) is 19.4 Å². The first-order valence-electron chi connectivity index (χ1n) is 9.13. The van der Waals surface area contributed by atoms with Gasteiger partial charge in [-0.1, -0.05) is 6.07 Å². The van der Waals surface area contributed by atoms with Gasteiger partial charge in [-0.2, -0.15) is 0 Å². The van der Waals surface area contributed by atoms with Crippen LogP contribution in [0.25, 0.3) is 17.2 Å². The summed E-state index contributed by atoms with van der Waals surface area (Å²) in [4.78, 5) is 27.0. The number of carbonyl (C=O) groups excluding carboxylic acids is 1. The number of hydrogen-bond donors (Lipinski definition) is 2. The smallest absolute Gasteiger partial charge is 0.250 e. The van der Waals surface area contributed by atoms with E-state index >= 15 is 0 Å². The third-order valence-corrected chi connectivity index (χ3v) is 5.86. The molecule has 1 aliphatic carbocycles. The van der Waals surface area contributed by atoms with Gasteiger partial charge in [0.05, 0.1) is 23.8 Å². The van der Waals surface area contributed by atoms with Gasteiger partial charge in [0.25, 0.3) is 5.91 Å². The Kier molecular flexibility index (Phi) is 4.05. The fourth-order valence-corrected chi connectivity index (χ4v) is 4.30. The Bertz CT molecular complexity index is 1180. The Morgan fingerprint density at radius 1 is 1.25 bits per heavy atom. The highest BCUT2D eigenvalue weighted by Gasteiger charge is 2.22. The molecule has 4 aromatic rings. The van der Waals surface area contributed by atoms with Crippen LogP contribution >= 0.6 is 11.3 Å². The molecular weight excluding hydrogens is 372 g/mol. The molecule has 28 heavy (non-hydrogen) atoms. The minimum absolute atomic E-state index is 0.429. The number of fused-ring (bicyclic) bond motifs is 2. The molecule has 1 amide bonds. The molecule has 5 rings (SSSR count). The van der Waals surface area contributed by atoms with Crippen molar-refractivity contribution in [3.05, 3.63) is 63.7 Å². The number of aryl methyl sites for hydroxylation is 1. The number of amides is 1. The first kappa shape index (κ1) is 16.9. The van der Waals surface area contributed by atoms with E-state index in [9.17, 15) is 4.79 Å². The second-order valence-corrected chi connectivity index (χ2v) is 7.76. The molecule has 7 nitrogen and oxygen atoms in total. The molecule has 0 unspecified atom stereocenters. The molecule has 0 saturated heterocycles. The summed E-state index contributed by atoms with van der Waals surface area (Å²) in [6.07, 6.45) is 6.49. The number of imidazole rings is 1. The SMILES string of the molecule is NC(=O)c1cccn2c(-c3nc4c(c(NCc5cccs5)n3)CCC4)ncc12. The standard InChI is InChI=1S/C20H18N6OS/c21-17(27)14-6-2-8-26-16(14)11-23-20(26)19-24-15-7-1-5-13(15)18(25-19)22-10-12-4-3-9-28-12/h2-4,6,8-9,11H,1,5,7,10H2,(H2,21,27)(H,22,24,25). The molecule has 1 aliphatic rings. The Morgan fingerprint density at radius 3 is 3.00 bits per heavy atom. The van der Waals surface area contributed by atoms with Crippen LogP contribution in [0.1, 0.15) is 32.9 Å². The van der Waals surface area contributed by atoms with Gasteiger partial charge in [-0.05, 0) is 42.8 Å². The zero-order valence-electron chi connectivity index (χ0n) is 15.1. The lowest BCUT2D eigenvalue weighted by Gasteiger charge is -2.11. The molecule has 0 radical (unpaired) electrons. The third-order valence-electron chi connectivity index (χ3n) is 4.98. The predicted molar refractivity (Wildman–Crippen MR) is 108 cm³/mol. The van der Waals surface area contributed by atoms with Crippen molar-refractivity contribution in [2.75, 3.05) is 5.32 Å². The molecule has 0 fully saturated rings. The van der Waals surface area contributed by atoms with E-state index in [-0.39, 0.29) is 0 Å². The largest absolute Gasteiger partial charge is 0.366 e. The lowest BCUT2D eigenvalue weighted by molar-refractivity contribution is 0.100. The maximum absolute atomic E-state index is 11.7. The summed E-state index contributed by atoms with van der Waals surface area (Å²) in [6.45, 7) is 0.731. The van der Waals surface area contributed by atoms with E-state index in [0.717, 1.165) is 37.3 Å². The summed E-state index contributed by atoms with van der Waals surface area (Å²) in [5.74, 6) is 1.54. The molecule has 4 aromatic heterocycles. The van der Waals surface area contributed by atoms with Crippen molar-refractivity contribution in [2.45, 2.75) is 25.8 Å². The van der Waals surface area contributed by atoms with Gasteiger partial charge in [0.2, 0.25) is 0 Å². The first-order valence-corrected chi connectivity index (χ1v) is 10.0. The van der Waals surface area contributed by atoms with Gasteiger partial charge in [-0.3, -0.25) is 9.20 Å². The number of nitrogens with zero attached hydrogens (tertiary/aromatic N) is 4. The Labute approximate surface area is 165 Å². The van der Waals surface area contributed by atoms with Crippen molar-refractivity contribution in [2.24, 2.45) is 5.73 Å². The minimum atomic E-state index is -0.481. The summed E-state index contributed by atoms with van der Waals surface area (Å²) < 4.78 is 1.82. The van der Waals surface area contributed by atoms with E-state index in [2.05, 4.69) is 21.7 Å². The van der Waals surface area contributed by atoms with Crippen molar-refractivity contribution in [1.82, 2.24) is 19.4 Å². The second-order valence-electron chi connectivity index (χ2n) is 6.73. The van der Waals surface area contributed by atoms with E-state index in [0.29, 0.717) is 22.7 Å². The van der Waals surface area contributed by atoms with Gasteiger partial charge < -0.3 is 11.1 Å². The van der Waals surface area contributed by atoms with Gasteiger partial charge in [0.15, 0.2) is 11.6 Å². The van der Waals surface area contributed by atoms with Crippen LogP contribution in [-0.4, -0.2) is 25.3 Å². The number of nitrogens with two attached hydrogens (primary N) is 1. The molecule has 0 saturated carbocycles. The van der Waals surface area contributed by atoms with Gasteiger partial charge in [-0.25, -0.2) is 15.0 Å². The van der Waals surface area contributed by atoms with Crippen molar-refractivity contribution >= 4 is 28.6 Å². The van der Waals surface area contributed by atoms with Gasteiger partial charge in [0, 0.05) is 22.3 Å². The fourth-order valence-electron chi connectivity index (χ4n) is 3.66. The molecule has 0 atom stereocenters. The monoisotopic (exact) mass is 390 g/mol. The second kappa shape index (κ2) is 6.72. The summed E-state index contributed by atoms with van der Waals surface area (Å²) in [6, 6.07) is 7.63. The minimum Gasteiger partial charge on any atom is -0.366 e. The van der Waals surface area contributed by atoms with Crippen LogP contribution in [0.15, 0.2) is 42.0 Å². The highest BCUT2D eigenvalue weighted by atomic mass is 32.1. The quantitative estimate of drug-likeness (QED) is 0.546. The van der Waals surface area contributed by atoms with Gasteiger partial charge in [0.1, 0.15) is 5.82 Å². The molecule has 0 aromatic carbocycles. The highest BCUT2D eigenvalue weighted by Crippen LogP contribution is 2.30. The van der Waals surface area contributed by atoms with Crippen LogP contribution in [0.3, 0.4) is 0 Å². The molecular formula is C20H18N6OS. The normalized spacial score (nSPS) is 13.0. The average molecular weight is 390 g/mol. The summed E-state index contributed by atoms with van der Waals surface area (Å²) in [7, 11) is 0. The summed E-state index contributed by atoms with van der Waals surface area (Å²) in [5.41, 5.74) is 8.84. The molecule has 140 valence electrons. The zero-order valence-corrected chi connectivity index (χ0v) is 15.9. The van der Waals surface area contributed by atoms with Gasteiger partial charge >= 0.3 is 0 Å². The average Bonchev–Trinajstić information content (AvgIpc) is 3.45. The maximum Gasteiger partial charge on any atom is 0.250 e. The number of thiophene rings is 1. The highest BCUT2D eigenvalue weighted by molar-refractivity contribution is 7.09. The van der Waals surface area contributed by atoms with Gasteiger partial charge in [-0.15, -0.1) is 11.3 Å². The molecule has 0 spiro atoms. The third kappa shape index (κ3) is 2.82. The maximum atomic E-state index is 11.7. The molecule has 4 heterocycles. The molecule has 0 bridgehead atoms. The fraction of sp³-hybridized carbons (Fsp3) is 0.200. The van der Waals surface area contributed by atoms with Crippen LogP contribution in [0, 0.1) is 0 Å². The van der Waals surface area contributed by atoms with Crippen LogP contribution < -0.4 is 11.1 Å². The lowest BCUT2D eigenvalue weighted by Crippen LogP contribution is -2.12. The molecule has 3 N–H and O–H groups in total. The number of hydrogen-bond acceptors (Lipinski definition) is 6. The van der Waals surface area contributed by atoms with E-state index in [1.807, 2.05) is 16.7 Å². The zero-order chi connectivity index (χ0) is 19.1. The van der Waals surface area contributed by atoms with Crippen LogP contribution in [0.5, 0.6) is 0 Å². The number of nitrogens with one attached hydrogen (secondary N) is 1. The van der Waals surface area contributed by atoms with Crippen LogP contribution in [0.4, 0.5) is 5.82 Å². The number of primary amides is 1. The Hall–Kier alpha value is -3.26. The number of carbonyl (C=O) groups is 1. The van der Waals surface area contributed by atoms with Crippen molar-refractivity contribution < 1.29 is 4.79 Å². The Balaban J connectivity index is 1.59. The topological polar surface area (TPSA) is 98.2 Å².